The summed E-state index contributed by atoms with van der Waals surface area (Å²) in [6, 6.07) is 13.2. The summed E-state index contributed by atoms with van der Waals surface area (Å²) in [6.07, 6.45) is 1.07. The quantitative estimate of drug-likeness (QED) is 0.859. The van der Waals surface area contributed by atoms with Crippen molar-refractivity contribution in [3.63, 3.8) is 0 Å². The van der Waals surface area contributed by atoms with Gasteiger partial charge in [0.25, 0.3) is 0 Å². The summed E-state index contributed by atoms with van der Waals surface area (Å²) in [6.45, 7) is 4.41. The van der Waals surface area contributed by atoms with Crippen molar-refractivity contribution in [2.45, 2.75) is 32.4 Å². The lowest BCUT2D eigenvalue weighted by Crippen LogP contribution is -2.30. The topological polar surface area (TPSA) is 21.3 Å². The maximum atomic E-state index is 5.42. The molecule has 1 N–H and O–H groups in total. The minimum Gasteiger partial charge on any atom is -0.496 e. The number of methoxy groups -OCH3 is 1. The summed E-state index contributed by atoms with van der Waals surface area (Å²) in [5.74, 6) is 0.950. The number of thiophene rings is 1. The second kappa shape index (κ2) is 6.73. The molecule has 1 aromatic heterocycles. The lowest BCUT2D eigenvalue weighted by atomic mass is 10.1. The molecule has 0 aliphatic carbocycles. The van der Waals surface area contributed by atoms with Gasteiger partial charge in [0.05, 0.1) is 7.11 Å². The van der Waals surface area contributed by atoms with Gasteiger partial charge in [0.1, 0.15) is 5.75 Å². The molecule has 1 heterocycles. The largest absolute Gasteiger partial charge is 0.496 e. The molecule has 0 aliphatic heterocycles. The normalized spacial score (nSPS) is 14.1. The Bertz CT molecular complexity index is 495. The average Bonchev–Trinajstić information content (AvgIpc) is 2.91. The molecule has 19 heavy (non-hydrogen) atoms. The molecule has 0 spiro atoms. The van der Waals surface area contributed by atoms with Crippen LogP contribution >= 0.6 is 11.3 Å². The van der Waals surface area contributed by atoms with Crippen LogP contribution in [-0.2, 0) is 6.42 Å². The van der Waals surface area contributed by atoms with Crippen LogP contribution in [0.3, 0.4) is 0 Å². The molecule has 2 unspecified atom stereocenters. The van der Waals surface area contributed by atoms with Gasteiger partial charge >= 0.3 is 0 Å². The Hall–Kier alpha value is -1.32. The highest BCUT2D eigenvalue weighted by Crippen LogP contribution is 2.25. The van der Waals surface area contributed by atoms with E-state index in [0.29, 0.717) is 6.04 Å². The van der Waals surface area contributed by atoms with E-state index in [1.807, 2.05) is 23.5 Å². The first-order valence-corrected chi connectivity index (χ1v) is 7.50. The Kier molecular flexibility index (Phi) is 5.00. The molecule has 102 valence electrons. The maximum absolute atomic E-state index is 5.42. The van der Waals surface area contributed by atoms with Gasteiger partial charge in [-0.1, -0.05) is 24.3 Å². The smallest absolute Gasteiger partial charge is 0.123 e. The third-order valence-corrected chi connectivity index (χ3v) is 4.13. The molecule has 2 nitrogen and oxygen atoms in total. The highest BCUT2D eigenvalue weighted by molar-refractivity contribution is 7.09. The van der Waals surface area contributed by atoms with Crippen molar-refractivity contribution in [3.8, 4) is 5.75 Å². The van der Waals surface area contributed by atoms with E-state index in [4.69, 9.17) is 4.74 Å². The van der Waals surface area contributed by atoms with Crippen molar-refractivity contribution in [1.29, 1.82) is 0 Å². The maximum Gasteiger partial charge on any atom is 0.123 e. The predicted octanol–water partition coefficient (Wildman–Crippen LogP) is 4.04. The number of benzene rings is 1. The van der Waals surface area contributed by atoms with Gasteiger partial charge in [0, 0.05) is 22.5 Å². The molecule has 2 aromatic rings. The number of nitrogens with one attached hydrogen (secondary N) is 1. The summed E-state index contributed by atoms with van der Waals surface area (Å²) in [5.41, 5.74) is 1.21. The standard InChI is InChI=1S/C16H21NOS/c1-12(11-14-7-6-10-19-14)17-13(2)15-8-4-5-9-16(15)18-3/h4-10,12-13,17H,11H2,1-3H3. The van der Waals surface area contributed by atoms with E-state index in [-0.39, 0.29) is 6.04 Å². The van der Waals surface area contributed by atoms with Crippen molar-refractivity contribution < 1.29 is 4.74 Å². The number of hydrogen-bond donors (Lipinski definition) is 1. The van der Waals surface area contributed by atoms with Crippen molar-refractivity contribution in [1.82, 2.24) is 5.32 Å². The van der Waals surface area contributed by atoms with E-state index >= 15 is 0 Å². The fourth-order valence-electron chi connectivity index (χ4n) is 2.33. The zero-order chi connectivity index (χ0) is 13.7. The molecular weight excluding hydrogens is 254 g/mol. The first-order chi connectivity index (χ1) is 9.20. The monoisotopic (exact) mass is 275 g/mol. The van der Waals surface area contributed by atoms with Gasteiger partial charge in [-0.2, -0.15) is 0 Å². The number of rotatable bonds is 6. The third-order valence-electron chi connectivity index (χ3n) is 3.23. The summed E-state index contributed by atoms with van der Waals surface area (Å²) >= 11 is 1.82. The summed E-state index contributed by atoms with van der Waals surface area (Å²) in [7, 11) is 1.72. The molecule has 1 aromatic carbocycles. The predicted molar refractivity (Wildman–Crippen MR) is 82.0 cm³/mol. The second-order valence-electron chi connectivity index (χ2n) is 4.81. The van der Waals surface area contributed by atoms with Crippen LogP contribution in [0.15, 0.2) is 41.8 Å². The fourth-order valence-corrected chi connectivity index (χ4v) is 3.17. The number of hydrogen-bond acceptors (Lipinski definition) is 3. The van der Waals surface area contributed by atoms with Crippen molar-refractivity contribution in [2.75, 3.05) is 7.11 Å². The minimum absolute atomic E-state index is 0.283. The third kappa shape index (κ3) is 3.82. The highest BCUT2D eigenvalue weighted by atomic mass is 32.1. The van der Waals surface area contributed by atoms with Crippen LogP contribution < -0.4 is 10.1 Å². The summed E-state index contributed by atoms with van der Waals surface area (Å²) < 4.78 is 5.42. The van der Waals surface area contributed by atoms with E-state index in [9.17, 15) is 0 Å². The van der Waals surface area contributed by atoms with E-state index < -0.39 is 0 Å². The fraction of sp³-hybridized carbons (Fsp3) is 0.375. The van der Waals surface area contributed by atoms with Crippen LogP contribution in [0.25, 0.3) is 0 Å². The van der Waals surface area contributed by atoms with Gasteiger partial charge in [-0.05, 0) is 37.8 Å². The van der Waals surface area contributed by atoms with E-state index in [2.05, 4.69) is 48.8 Å². The average molecular weight is 275 g/mol. The first kappa shape index (κ1) is 14.1. The van der Waals surface area contributed by atoms with Crippen LogP contribution in [0.1, 0.15) is 30.3 Å². The Labute approximate surface area is 119 Å². The van der Waals surface area contributed by atoms with Crippen LogP contribution in [0.2, 0.25) is 0 Å². The van der Waals surface area contributed by atoms with E-state index in [0.717, 1.165) is 12.2 Å². The highest BCUT2D eigenvalue weighted by Gasteiger charge is 2.13. The van der Waals surface area contributed by atoms with E-state index in [1.54, 1.807) is 7.11 Å². The minimum atomic E-state index is 0.283. The molecule has 0 bridgehead atoms. The summed E-state index contributed by atoms with van der Waals surface area (Å²) in [5, 5.41) is 5.77. The Morgan fingerprint density at radius 2 is 1.95 bits per heavy atom. The molecule has 2 atom stereocenters. The molecule has 0 saturated heterocycles. The first-order valence-electron chi connectivity index (χ1n) is 6.62. The Morgan fingerprint density at radius 3 is 2.63 bits per heavy atom. The molecule has 2 rings (SSSR count). The van der Waals surface area contributed by atoms with E-state index in [1.165, 1.54) is 10.4 Å². The zero-order valence-electron chi connectivity index (χ0n) is 11.7. The summed E-state index contributed by atoms with van der Waals surface area (Å²) in [4.78, 5) is 1.42. The molecule has 0 radical (unpaired) electrons. The van der Waals surface area contributed by atoms with Gasteiger partial charge in [-0.3, -0.25) is 0 Å². The Balaban J connectivity index is 1.98. The van der Waals surface area contributed by atoms with Crippen LogP contribution in [-0.4, -0.2) is 13.2 Å². The van der Waals surface area contributed by atoms with Crippen molar-refractivity contribution in [2.24, 2.45) is 0 Å². The molecule has 0 aliphatic rings. The van der Waals surface area contributed by atoms with Crippen LogP contribution in [0.4, 0.5) is 0 Å². The van der Waals surface area contributed by atoms with Gasteiger partial charge in [0.2, 0.25) is 0 Å². The van der Waals surface area contributed by atoms with Gasteiger partial charge < -0.3 is 10.1 Å². The molecule has 0 fully saturated rings. The molecule has 3 heteroatoms. The molecule has 0 saturated carbocycles. The van der Waals surface area contributed by atoms with Crippen LogP contribution in [0.5, 0.6) is 5.75 Å². The van der Waals surface area contributed by atoms with Crippen molar-refractivity contribution >= 4 is 11.3 Å². The van der Waals surface area contributed by atoms with Crippen LogP contribution in [0, 0.1) is 0 Å². The molecular formula is C16H21NOS. The van der Waals surface area contributed by atoms with Gasteiger partial charge in [0.15, 0.2) is 0 Å². The number of ether oxygens (including phenoxy) is 1. The second-order valence-corrected chi connectivity index (χ2v) is 5.85. The SMILES string of the molecule is COc1ccccc1C(C)NC(C)Cc1cccs1. The lowest BCUT2D eigenvalue weighted by Gasteiger charge is -2.21. The Morgan fingerprint density at radius 1 is 1.16 bits per heavy atom. The van der Waals surface area contributed by atoms with Gasteiger partial charge in [-0.15, -0.1) is 11.3 Å². The molecule has 0 amide bonds. The van der Waals surface area contributed by atoms with Crippen molar-refractivity contribution in [3.05, 3.63) is 52.2 Å². The number of para-hydroxylation sites is 1. The zero-order valence-corrected chi connectivity index (χ0v) is 12.5. The lowest BCUT2D eigenvalue weighted by molar-refractivity contribution is 0.395. The van der Waals surface area contributed by atoms with Gasteiger partial charge in [-0.25, -0.2) is 0 Å².